The third-order valence-electron chi connectivity index (χ3n) is 3.77. The lowest BCUT2D eigenvalue weighted by atomic mass is 10.1. The Balaban J connectivity index is 0. The summed E-state index contributed by atoms with van der Waals surface area (Å²) >= 11 is 0. The maximum Gasteiger partial charge on any atom is 0.268 e. The molecule has 0 aliphatic carbocycles. The zero-order valence-electron chi connectivity index (χ0n) is 22.9. The molecule has 0 radical (unpaired) electrons. The van der Waals surface area contributed by atoms with Gasteiger partial charge in [-0.3, -0.25) is 26.3 Å². The van der Waals surface area contributed by atoms with Crippen LogP contribution >= 0.6 is 0 Å². The predicted octanol–water partition coefficient (Wildman–Crippen LogP) is 4.60. The summed E-state index contributed by atoms with van der Waals surface area (Å²) in [5, 5.41) is 0. The molecule has 0 spiro atoms. The molecule has 0 unspecified atom stereocenters. The number of hydrogen-bond acceptors (Lipinski definition) is 7. The maximum absolute atomic E-state index is 11.9. The van der Waals surface area contributed by atoms with Crippen LogP contribution in [0.3, 0.4) is 0 Å². The molecule has 1 amide bonds. The smallest absolute Gasteiger partial charge is 0.268 e. The molecule has 2 aromatic carbocycles. The van der Waals surface area contributed by atoms with Gasteiger partial charge < -0.3 is 9.47 Å². The standard InChI is InChI=1S/C22H24N2O4.C3H8.C2H6.CH6N2/c1-3-11-27-20-13-16(7-9-18(20)15-25)5-6-17-8-10-19(22(26)24-23)21(14-17)28-12-4-2;1-3-2;1-2;1-3-2/h7-10,13-15H,3-4,11-12,23H2,1-2H3,(H,24,26);3H2,1-2H3;1-2H3;3H,2H2,1H3. The predicted molar refractivity (Wildman–Crippen MR) is 148 cm³/mol. The van der Waals surface area contributed by atoms with Crippen molar-refractivity contribution in [3.05, 3.63) is 58.7 Å². The van der Waals surface area contributed by atoms with E-state index in [0.717, 1.165) is 24.7 Å². The largest absolute Gasteiger partial charge is 0.493 e. The molecule has 0 saturated heterocycles. The van der Waals surface area contributed by atoms with Crippen LogP contribution in [0.1, 0.15) is 92.6 Å². The summed E-state index contributed by atoms with van der Waals surface area (Å²) in [7, 11) is 1.65. The number of nitrogens with two attached hydrogens (primary N) is 2. The third-order valence-corrected chi connectivity index (χ3v) is 3.77. The first-order chi connectivity index (χ1) is 17.4. The molecule has 0 atom stereocenters. The molecule has 0 bridgehead atoms. The van der Waals surface area contributed by atoms with Gasteiger partial charge in [0.15, 0.2) is 6.29 Å². The van der Waals surface area contributed by atoms with Crippen molar-refractivity contribution in [1.29, 1.82) is 0 Å². The fourth-order valence-electron chi connectivity index (χ4n) is 2.39. The van der Waals surface area contributed by atoms with E-state index in [1.807, 2.05) is 27.7 Å². The Morgan fingerprint density at radius 3 is 1.78 bits per heavy atom. The molecular formula is C28H44N4O4. The van der Waals surface area contributed by atoms with E-state index in [4.69, 9.17) is 15.3 Å². The Hall–Kier alpha value is -3.38. The van der Waals surface area contributed by atoms with Gasteiger partial charge in [0.1, 0.15) is 11.5 Å². The molecule has 200 valence electrons. The van der Waals surface area contributed by atoms with Crippen molar-refractivity contribution < 1.29 is 19.1 Å². The van der Waals surface area contributed by atoms with E-state index in [9.17, 15) is 9.59 Å². The summed E-state index contributed by atoms with van der Waals surface area (Å²) in [6, 6.07) is 10.3. The highest BCUT2D eigenvalue weighted by atomic mass is 16.5. The number of carbonyl (C=O) groups is 2. The molecule has 36 heavy (non-hydrogen) atoms. The van der Waals surface area contributed by atoms with E-state index < -0.39 is 5.91 Å². The monoisotopic (exact) mass is 500 g/mol. The lowest BCUT2D eigenvalue weighted by molar-refractivity contribution is 0.0949. The molecule has 0 aliphatic rings. The lowest BCUT2D eigenvalue weighted by Crippen LogP contribution is -2.30. The number of hydrazine groups is 2. The highest BCUT2D eigenvalue weighted by molar-refractivity contribution is 5.96. The van der Waals surface area contributed by atoms with Crippen LogP contribution in [0.25, 0.3) is 0 Å². The van der Waals surface area contributed by atoms with Gasteiger partial charge in [-0.15, -0.1) is 0 Å². The van der Waals surface area contributed by atoms with Crippen LogP contribution < -0.4 is 32.0 Å². The van der Waals surface area contributed by atoms with E-state index in [1.54, 1.807) is 43.4 Å². The van der Waals surface area contributed by atoms with Gasteiger partial charge in [0.25, 0.3) is 5.91 Å². The van der Waals surface area contributed by atoms with Crippen LogP contribution in [0.4, 0.5) is 0 Å². The minimum Gasteiger partial charge on any atom is -0.493 e. The van der Waals surface area contributed by atoms with Gasteiger partial charge in [0, 0.05) is 11.1 Å². The highest BCUT2D eigenvalue weighted by Gasteiger charge is 2.12. The summed E-state index contributed by atoms with van der Waals surface area (Å²) in [5.41, 5.74) is 6.62. The molecule has 0 fully saturated rings. The molecule has 2 aromatic rings. The number of amides is 1. The fourth-order valence-corrected chi connectivity index (χ4v) is 2.39. The minimum atomic E-state index is -0.423. The van der Waals surface area contributed by atoms with Crippen molar-refractivity contribution in [2.75, 3.05) is 20.3 Å². The van der Waals surface area contributed by atoms with Gasteiger partial charge in [0.05, 0.1) is 24.3 Å². The van der Waals surface area contributed by atoms with Gasteiger partial charge in [0.2, 0.25) is 0 Å². The number of hydrogen-bond donors (Lipinski definition) is 4. The lowest BCUT2D eigenvalue weighted by Gasteiger charge is -2.10. The van der Waals surface area contributed by atoms with Gasteiger partial charge in [-0.1, -0.05) is 59.8 Å². The first kappa shape index (κ1) is 34.8. The van der Waals surface area contributed by atoms with Crippen molar-refractivity contribution >= 4 is 12.2 Å². The van der Waals surface area contributed by atoms with Gasteiger partial charge in [-0.2, -0.15) is 0 Å². The number of aldehydes is 1. The van der Waals surface area contributed by atoms with Gasteiger partial charge in [-0.05, 0) is 56.3 Å². The second-order valence-corrected chi connectivity index (χ2v) is 7.00. The Labute approximate surface area is 217 Å². The van der Waals surface area contributed by atoms with Crippen LogP contribution in [0.5, 0.6) is 11.5 Å². The summed E-state index contributed by atoms with van der Waals surface area (Å²) in [4.78, 5) is 23.0. The highest BCUT2D eigenvalue weighted by Crippen LogP contribution is 2.22. The zero-order chi connectivity index (χ0) is 27.8. The topological polar surface area (TPSA) is 129 Å². The molecule has 6 N–H and O–H groups in total. The number of benzene rings is 2. The van der Waals surface area contributed by atoms with Crippen LogP contribution in [0.15, 0.2) is 36.4 Å². The Morgan fingerprint density at radius 2 is 1.33 bits per heavy atom. The summed E-state index contributed by atoms with van der Waals surface area (Å²) in [6.45, 7) is 13.2. The van der Waals surface area contributed by atoms with Gasteiger partial charge in [-0.25, -0.2) is 5.84 Å². The van der Waals surface area contributed by atoms with E-state index in [0.29, 0.717) is 41.4 Å². The first-order valence-electron chi connectivity index (χ1n) is 12.3. The first-order valence-corrected chi connectivity index (χ1v) is 12.3. The minimum absolute atomic E-state index is 0.354. The molecule has 0 saturated carbocycles. The van der Waals surface area contributed by atoms with Crippen molar-refractivity contribution in [2.45, 2.75) is 60.8 Å². The van der Waals surface area contributed by atoms with Crippen LogP contribution in [-0.2, 0) is 0 Å². The van der Waals surface area contributed by atoms with E-state index >= 15 is 0 Å². The van der Waals surface area contributed by atoms with E-state index in [1.165, 1.54) is 6.42 Å². The van der Waals surface area contributed by atoms with Crippen molar-refractivity contribution in [1.82, 2.24) is 10.9 Å². The van der Waals surface area contributed by atoms with E-state index in [-0.39, 0.29) is 0 Å². The van der Waals surface area contributed by atoms with Crippen molar-refractivity contribution in [2.24, 2.45) is 11.7 Å². The average Bonchev–Trinajstić information content (AvgIpc) is 2.91. The van der Waals surface area contributed by atoms with Crippen molar-refractivity contribution in [3.63, 3.8) is 0 Å². The number of rotatable bonds is 8. The normalized spacial score (nSPS) is 8.81. The molecule has 8 nitrogen and oxygen atoms in total. The van der Waals surface area contributed by atoms with Crippen LogP contribution in [0.2, 0.25) is 0 Å². The summed E-state index contributed by atoms with van der Waals surface area (Å²) in [6.07, 6.45) is 3.67. The maximum atomic E-state index is 11.9. The molecule has 2 rings (SSSR count). The zero-order valence-corrected chi connectivity index (χ0v) is 22.9. The second kappa shape index (κ2) is 23.4. The van der Waals surface area contributed by atoms with Gasteiger partial charge >= 0.3 is 0 Å². The summed E-state index contributed by atoms with van der Waals surface area (Å²) < 4.78 is 11.3. The number of carbonyl (C=O) groups excluding carboxylic acids is 2. The Kier molecular flexibility index (Phi) is 22.6. The third kappa shape index (κ3) is 14.1. The van der Waals surface area contributed by atoms with E-state index in [2.05, 4.69) is 42.4 Å². The average molecular weight is 501 g/mol. The fraction of sp³-hybridized carbons (Fsp3) is 0.429. The molecular weight excluding hydrogens is 456 g/mol. The SMILES string of the molecule is CC.CCC.CCCOc1cc(C#Cc2ccc(C(=O)NN)c(OCCC)c2)ccc1C=O.CNN. The molecule has 0 aromatic heterocycles. The summed E-state index contributed by atoms with van der Waals surface area (Å²) in [5.74, 6) is 16.4. The van der Waals surface area contributed by atoms with Crippen LogP contribution in [-0.4, -0.2) is 32.5 Å². The molecule has 8 heteroatoms. The number of nitrogen functional groups attached to an aromatic ring is 1. The Morgan fingerprint density at radius 1 is 0.889 bits per heavy atom. The van der Waals surface area contributed by atoms with Crippen molar-refractivity contribution in [3.8, 4) is 23.3 Å². The number of nitrogens with one attached hydrogen (secondary N) is 2. The second-order valence-electron chi connectivity index (χ2n) is 7.00. The molecule has 0 aliphatic heterocycles. The molecule has 0 heterocycles. The van der Waals surface area contributed by atoms with Crippen LogP contribution in [0, 0.1) is 11.8 Å². The Bertz CT molecular complexity index is 935. The quantitative estimate of drug-likeness (QED) is 0.137. The number of ether oxygens (including phenoxy) is 2.